The van der Waals surface area contributed by atoms with E-state index in [1.54, 1.807) is 13.8 Å². The fourth-order valence-electron chi connectivity index (χ4n) is 2.95. The number of aromatic nitrogens is 2. The molecule has 2 aromatic carbocycles. The number of nitrogens with zero attached hydrogens (tertiary/aromatic N) is 2. The van der Waals surface area contributed by atoms with Crippen LogP contribution in [-0.2, 0) is 20.0 Å². The van der Waals surface area contributed by atoms with E-state index in [0.29, 0.717) is 22.9 Å². The third-order valence-corrected chi connectivity index (χ3v) is 7.32. The minimum atomic E-state index is -3.89. The molecule has 0 bridgehead atoms. The summed E-state index contributed by atoms with van der Waals surface area (Å²) in [5.74, 6) is 1.01. The number of anilines is 4. The Morgan fingerprint density at radius 2 is 1.03 bits per heavy atom. The third kappa shape index (κ3) is 6.00. The van der Waals surface area contributed by atoms with Crippen molar-refractivity contribution < 1.29 is 30.7 Å². The standard InChI is InChI=1S/C21H20N6O7S2/c1-13-11-19(24-33-13)26-35(29,30)17-7-3-15(4-8-17)22-21(28)23-16-5-9-18(10-6-16)36(31,32)27-20-12-14(2)34-25-20/h3-12H,1-2H3,(H,24,26)(H,25,27)(H2,22,23,28). The lowest BCUT2D eigenvalue weighted by Crippen LogP contribution is -2.20. The van der Waals surface area contributed by atoms with Crippen LogP contribution in [0.4, 0.5) is 27.8 Å². The molecule has 0 aliphatic rings. The number of aryl methyl sites for hydroxylation is 2. The van der Waals surface area contributed by atoms with Crippen molar-refractivity contribution in [2.24, 2.45) is 0 Å². The third-order valence-electron chi connectivity index (χ3n) is 4.58. The molecule has 2 amide bonds. The average molecular weight is 533 g/mol. The molecule has 15 heteroatoms. The maximum atomic E-state index is 12.4. The van der Waals surface area contributed by atoms with Gasteiger partial charge < -0.3 is 19.7 Å². The summed E-state index contributed by atoms with van der Waals surface area (Å²) in [5, 5.41) is 12.3. The first-order valence-corrected chi connectivity index (χ1v) is 13.2. The monoisotopic (exact) mass is 532 g/mol. The summed E-state index contributed by atoms with van der Waals surface area (Å²) in [5.41, 5.74) is 0.657. The molecule has 0 aliphatic carbocycles. The second kappa shape index (κ2) is 9.71. The van der Waals surface area contributed by atoms with Crippen molar-refractivity contribution in [2.75, 3.05) is 20.1 Å². The SMILES string of the molecule is Cc1cc(NS(=O)(=O)c2ccc(NC(=O)Nc3ccc(S(=O)(=O)Nc4cc(C)on4)cc3)cc2)no1. The Morgan fingerprint density at radius 3 is 1.33 bits per heavy atom. The lowest BCUT2D eigenvalue weighted by atomic mass is 10.3. The fraction of sp³-hybridized carbons (Fsp3) is 0.0952. The number of hydrogen-bond acceptors (Lipinski definition) is 9. The van der Waals surface area contributed by atoms with Gasteiger partial charge in [-0.2, -0.15) is 0 Å². The molecule has 188 valence electrons. The van der Waals surface area contributed by atoms with Crippen molar-refractivity contribution >= 4 is 49.1 Å². The van der Waals surface area contributed by atoms with E-state index in [4.69, 9.17) is 9.05 Å². The van der Waals surface area contributed by atoms with Crippen LogP contribution in [0.2, 0.25) is 0 Å². The zero-order valence-corrected chi connectivity index (χ0v) is 20.5. The summed E-state index contributed by atoms with van der Waals surface area (Å²) in [6.07, 6.45) is 0. The average Bonchev–Trinajstić information content (AvgIpc) is 3.40. The molecule has 0 atom stereocenters. The lowest BCUT2D eigenvalue weighted by molar-refractivity contribution is 0.262. The zero-order chi connectivity index (χ0) is 25.9. The molecular weight excluding hydrogens is 512 g/mol. The van der Waals surface area contributed by atoms with Crippen molar-refractivity contribution in [3.63, 3.8) is 0 Å². The highest BCUT2D eigenvalue weighted by Crippen LogP contribution is 2.20. The molecule has 4 rings (SSSR count). The van der Waals surface area contributed by atoms with Crippen molar-refractivity contribution in [3.8, 4) is 0 Å². The number of nitrogens with one attached hydrogen (secondary N) is 4. The molecule has 0 saturated carbocycles. The van der Waals surface area contributed by atoms with E-state index < -0.39 is 26.1 Å². The second-order valence-electron chi connectivity index (χ2n) is 7.48. The van der Waals surface area contributed by atoms with E-state index in [9.17, 15) is 21.6 Å². The summed E-state index contributed by atoms with van der Waals surface area (Å²) in [7, 11) is -7.79. The summed E-state index contributed by atoms with van der Waals surface area (Å²) >= 11 is 0. The van der Waals surface area contributed by atoms with Gasteiger partial charge in [0.15, 0.2) is 11.6 Å². The van der Waals surface area contributed by atoms with Crippen LogP contribution in [0, 0.1) is 13.8 Å². The largest absolute Gasteiger partial charge is 0.360 e. The van der Waals surface area contributed by atoms with Gasteiger partial charge in [-0.1, -0.05) is 10.3 Å². The van der Waals surface area contributed by atoms with E-state index in [1.165, 1.54) is 60.7 Å². The smallest absolute Gasteiger partial charge is 0.323 e. The Hall–Kier alpha value is -4.37. The van der Waals surface area contributed by atoms with Crippen LogP contribution in [0.5, 0.6) is 0 Å². The van der Waals surface area contributed by atoms with Crippen LogP contribution in [0.15, 0.2) is 79.5 Å². The van der Waals surface area contributed by atoms with Crippen LogP contribution in [-0.4, -0.2) is 33.2 Å². The van der Waals surface area contributed by atoms with Crippen molar-refractivity contribution in [1.82, 2.24) is 10.3 Å². The number of carbonyl (C=O) groups excluding carboxylic acids is 1. The lowest BCUT2D eigenvalue weighted by Gasteiger charge is -2.10. The maximum absolute atomic E-state index is 12.4. The molecule has 2 aromatic heterocycles. The Balaban J connectivity index is 1.35. The second-order valence-corrected chi connectivity index (χ2v) is 10.8. The molecule has 13 nitrogen and oxygen atoms in total. The summed E-state index contributed by atoms with van der Waals surface area (Å²) < 4.78 is 64.0. The highest BCUT2D eigenvalue weighted by atomic mass is 32.2. The topological polar surface area (TPSA) is 186 Å². The Morgan fingerprint density at radius 1 is 0.667 bits per heavy atom. The summed E-state index contributed by atoms with van der Waals surface area (Å²) in [4.78, 5) is 12.2. The van der Waals surface area contributed by atoms with Gasteiger partial charge in [0.25, 0.3) is 20.0 Å². The van der Waals surface area contributed by atoms with E-state index in [2.05, 4.69) is 30.4 Å². The summed E-state index contributed by atoms with van der Waals surface area (Å²) in [6, 6.07) is 13.2. The fourth-order valence-corrected chi connectivity index (χ4v) is 4.92. The Kier molecular flexibility index (Phi) is 6.67. The normalized spacial score (nSPS) is 11.6. The molecule has 4 N–H and O–H groups in total. The molecule has 36 heavy (non-hydrogen) atoms. The molecule has 0 aliphatic heterocycles. The minimum Gasteiger partial charge on any atom is -0.360 e. The van der Waals surface area contributed by atoms with Crippen LogP contribution in [0.25, 0.3) is 0 Å². The quantitative estimate of drug-likeness (QED) is 0.263. The minimum absolute atomic E-state index is 0.0414. The molecule has 0 radical (unpaired) electrons. The zero-order valence-electron chi connectivity index (χ0n) is 18.8. The highest BCUT2D eigenvalue weighted by Gasteiger charge is 2.18. The molecule has 4 aromatic rings. The number of rotatable bonds is 8. The van der Waals surface area contributed by atoms with E-state index in [0.717, 1.165) is 0 Å². The summed E-state index contributed by atoms with van der Waals surface area (Å²) in [6.45, 7) is 3.26. The van der Waals surface area contributed by atoms with Gasteiger partial charge in [0.05, 0.1) is 9.79 Å². The van der Waals surface area contributed by atoms with Crippen molar-refractivity contribution in [2.45, 2.75) is 23.6 Å². The number of urea groups is 1. The molecule has 0 fully saturated rings. The first-order valence-electron chi connectivity index (χ1n) is 10.2. The van der Waals surface area contributed by atoms with Gasteiger partial charge >= 0.3 is 6.03 Å². The predicted molar refractivity (Wildman–Crippen MR) is 130 cm³/mol. The molecular formula is C21H20N6O7S2. The number of carbonyl (C=O) groups is 1. The number of hydrogen-bond donors (Lipinski definition) is 4. The molecule has 0 unspecified atom stereocenters. The van der Waals surface area contributed by atoms with Crippen LogP contribution in [0.1, 0.15) is 11.5 Å². The number of sulfonamides is 2. The first kappa shape index (κ1) is 24.7. The van der Waals surface area contributed by atoms with Gasteiger partial charge in [-0.05, 0) is 62.4 Å². The van der Waals surface area contributed by atoms with Crippen LogP contribution in [0.3, 0.4) is 0 Å². The number of benzene rings is 2. The Bertz CT molecular complexity index is 1470. The molecule has 2 heterocycles. The van der Waals surface area contributed by atoms with E-state index in [1.807, 2.05) is 0 Å². The van der Waals surface area contributed by atoms with Gasteiger partial charge in [0.2, 0.25) is 0 Å². The van der Waals surface area contributed by atoms with Gasteiger partial charge in [-0.15, -0.1) is 0 Å². The van der Waals surface area contributed by atoms with Crippen LogP contribution >= 0.6 is 0 Å². The van der Waals surface area contributed by atoms with Gasteiger partial charge in [0.1, 0.15) is 11.5 Å². The van der Waals surface area contributed by atoms with Gasteiger partial charge in [-0.3, -0.25) is 9.44 Å². The maximum Gasteiger partial charge on any atom is 0.323 e. The van der Waals surface area contributed by atoms with E-state index in [-0.39, 0.29) is 21.4 Å². The first-order chi connectivity index (χ1) is 17.0. The highest BCUT2D eigenvalue weighted by molar-refractivity contribution is 7.93. The van der Waals surface area contributed by atoms with Crippen molar-refractivity contribution in [1.29, 1.82) is 0 Å². The van der Waals surface area contributed by atoms with Gasteiger partial charge in [0, 0.05) is 23.5 Å². The van der Waals surface area contributed by atoms with E-state index >= 15 is 0 Å². The number of amides is 2. The predicted octanol–water partition coefficient (Wildman–Crippen LogP) is 3.53. The van der Waals surface area contributed by atoms with Crippen LogP contribution < -0.4 is 20.1 Å². The molecule has 0 saturated heterocycles. The van der Waals surface area contributed by atoms with Crippen molar-refractivity contribution in [3.05, 3.63) is 72.2 Å². The van der Waals surface area contributed by atoms with Gasteiger partial charge in [-0.25, -0.2) is 21.6 Å². The Labute approximate surface area is 206 Å². The molecule has 0 spiro atoms.